The second-order valence-electron chi connectivity index (χ2n) is 3.79. The number of carbonyl (C=O) groups excluding carboxylic acids is 1. The second-order valence-corrected chi connectivity index (χ2v) is 4.65. The van der Waals surface area contributed by atoms with Crippen LogP contribution in [0.3, 0.4) is 0 Å². The van der Waals surface area contributed by atoms with E-state index in [4.69, 9.17) is 0 Å². The molecule has 3 rings (SSSR count). The number of rotatable bonds is 1. The van der Waals surface area contributed by atoms with Gasteiger partial charge in [0.15, 0.2) is 5.69 Å². The van der Waals surface area contributed by atoms with Gasteiger partial charge in [0.2, 0.25) is 0 Å². The van der Waals surface area contributed by atoms with Gasteiger partial charge in [-0.15, -0.1) is 4.73 Å². The van der Waals surface area contributed by atoms with E-state index in [1.807, 2.05) is 0 Å². The number of benzene rings is 1. The first-order valence-electron chi connectivity index (χ1n) is 5.05. The molecule has 0 spiro atoms. The van der Waals surface area contributed by atoms with E-state index in [2.05, 4.69) is 31.1 Å². The van der Waals surface area contributed by atoms with Crippen LogP contribution in [0.4, 0.5) is 16.2 Å². The van der Waals surface area contributed by atoms with Gasteiger partial charge < -0.3 is 9.82 Å². The molecule has 1 aromatic carbocycles. The van der Waals surface area contributed by atoms with Gasteiger partial charge in [0.1, 0.15) is 5.52 Å². The van der Waals surface area contributed by atoms with Crippen molar-refractivity contribution in [1.29, 1.82) is 0 Å². The third kappa shape index (κ3) is 1.53. The maximum atomic E-state index is 11.6. The Kier molecular flexibility index (Phi) is 2.41. The maximum Gasteiger partial charge on any atom is 0.436 e. The van der Waals surface area contributed by atoms with Crippen LogP contribution in [0.2, 0.25) is 0 Å². The third-order valence-corrected chi connectivity index (χ3v) is 3.24. The minimum absolute atomic E-state index is 0.0352. The van der Waals surface area contributed by atoms with Gasteiger partial charge in [-0.2, -0.15) is 0 Å². The Hall–Kier alpha value is -2.69. The van der Waals surface area contributed by atoms with E-state index in [1.165, 1.54) is 6.07 Å². The summed E-state index contributed by atoms with van der Waals surface area (Å²) in [6.07, 6.45) is -1.10. The van der Waals surface area contributed by atoms with Crippen LogP contribution in [-0.2, 0) is 0 Å². The van der Waals surface area contributed by atoms with Crippen molar-refractivity contribution >= 4 is 44.4 Å². The number of anilines is 1. The monoisotopic (exact) mass is 342 g/mol. The van der Waals surface area contributed by atoms with Crippen LogP contribution < -0.4 is 21.3 Å². The predicted octanol–water partition coefficient (Wildman–Crippen LogP) is 0.335. The molecule has 0 saturated carbocycles. The van der Waals surface area contributed by atoms with Crippen molar-refractivity contribution in [3.8, 4) is 0 Å². The van der Waals surface area contributed by atoms with Crippen molar-refractivity contribution in [2.24, 2.45) is 0 Å². The summed E-state index contributed by atoms with van der Waals surface area (Å²) in [5.74, 6) is 0. The van der Waals surface area contributed by atoms with Crippen LogP contribution in [-0.4, -0.2) is 20.7 Å². The molecule has 1 amide bonds. The number of aromatic nitrogens is 2. The Bertz CT molecular complexity index is 913. The molecule has 2 N–H and O–H groups in total. The van der Waals surface area contributed by atoms with Gasteiger partial charge in [-0.05, 0) is 22.0 Å². The van der Waals surface area contributed by atoms with Gasteiger partial charge in [0, 0.05) is 0 Å². The summed E-state index contributed by atoms with van der Waals surface area (Å²) in [4.78, 5) is 51.6. The standard InChI is InChI=1S/C9H3BrN4O6/c10-2-1-3-6-4(5(2)14(18)19)12-9(17)20-13(6)8(16)7(15)11-3/h1H,(H,11,15)(H,12,17). The van der Waals surface area contributed by atoms with E-state index in [-0.39, 0.29) is 21.2 Å². The van der Waals surface area contributed by atoms with E-state index >= 15 is 0 Å². The lowest BCUT2D eigenvalue weighted by Crippen LogP contribution is -2.45. The predicted molar refractivity (Wildman–Crippen MR) is 68.8 cm³/mol. The molecule has 0 bridgehead atoms. The first-order valence-corrected chi connectivity index (χ1v) is 5.84. The zero-order valence-electron chi connectivity index (χ0n) is 9.30. The summed E-state index contributed by atoms with van der Waals surface area (Å²) in [6, 6.07) is 1.25. The summed E-state index contributed by atoms with van der Waals surface area (Å²) in [6.45, 7) is 0. The Morgan fingerprint density at radius 2 is 2.05 bits per heavy atom. The van der Waals surface area contributed by atoms with Gasteiger partial charge in [-0.25, -0.2) is 4.79 Å². The molecule has 2 aromatic rings. The fraction of sp³-hybridized carbons (Fsp3) is 0. The average molecular weight is 343 g/mol. The number of amides is 1. The molecular weight excluding hydrogens is 340 g/mol. The summed E-state index contributed by atoms with van der Waals surface area (Å²) in [5.41, 5.74) is -2.84. The lowest BCUT2D eigenvalue weighted by atomic mass is 10.2. The van der Waals surface area contributed by atoms with Gasteiger partial charge in [0.25, 0.3) is 0 Å². The molecular formula is C9H3BrN4O6. The molecule has 0 aliphatic carbocycles. The van der Waals surface area contributed by atoms with E-state index < -0.39 is 27.8 Å². The van der Waals surface area contributed by atoms with E-state index in [0.717, 1.165) is 0 Å². The minimum Gasteiger partial charge on any atom is -0.316 e. The van der Waals surface area contributed by atoms with E-state index in [1.54, 1.807) is 0 Å². The van der Waals surface area contributed by atoms with Crippen LogP contribution in [0, 0.1) is 10.1 Å². The number of nitrogens with zero attached hydrogens (tertiary/aromatic N) is 2. The van der Waals surface area contributed by atoms with Crippen molar-refractivity contribution in [1.82, 2.24) is 9.71 Å². The molecule has 0 unspecified atom stereocenters. The molecule has 0 radical (unpaired) electrons. The number of nitro benzene ring substituents is 1. The Morgan fingerprint density at radius 1 is 1.35 bits per heavy atom. The molecule has 1 aliphatic heterocycles. The average Bonchev–Trinajstić information content (AvgIpc) is 2.34. The highest BCUT2D eigenvalue weighted by molar-refractivity contribution is 9.10. The molecule has 1 aromatic heterocycles. The molecule has 1 aliphatic rings. The number of halogens is 1. The largest absolute Gasteiger partial charge is 0.436 e. The number of nitro groups is 1. The summed E-state index contributed by atoms with van der Waals surface area (Å²) in [5, 5.41) is 13.2. The Morgan fingerprint density at radius 3 is 2.70 bits per heavy atom. The number of hydrogen-bond donors (Lipinski definition) is 2. The number of aromatic amines is 1. The Balaban J connectivity index is 2.62. The zero-order valence-corrected chi connectivity index (χ0v) is 10.9. The fourth-order valence-corrected chi connectivity index (χ4v) is 2.47. The van der Waals surface area contributed by atoms with Gasteiger partial charge in [-0.3, -0.25) is 25.0 Å². The first kappa shape index (κ1) is 12.3. The highest BCUT2D eigenvalue weighted by atomic mass is 79.9. The molecule has 20 heavy (non-hydrogen) atoms. The van der Waals surface area contributed by atoms with Crippen molar-refractivity contribution in [3.05, 3.63) is 41.4 Å². The van der Waals surface area contributed by atoms with Gasteiger partial charge in [-0.1, -0.05) is 0 Å². The van der Waals surface area contributed by atoms with Crippen LogP contribution in [0.25, 0.3) is 11.0 Å². The number of hydrogen-bond acceptors (Lipinski definition) is 6. The molecule has 102 valence electrons. The Labute approximate surface area is 116 Å². The fourth-order valence-electron chi connectivity index (χ4n) is 1.90. The van der Waals surface area contributed by atoms with Gasteiger partial charge >= 0.3 is 22.9 Å². The normalized spacial score (nSPS) is 12.9. The van der Waals surface area contributed by atoms with E-state index in [9.17, 15) is 24.5 Å². The highest BCUT2D eigenvalue weighted by Gasteiger charge is 2.31. The first-order chi connectivity index (χ1) is 9.40. The zero-order chi connectivity index (χ0) is 14.6. The van der Waals surface area contributed by atoms with Crippen LogP contribution in [0.5, 0.6) is 0 Å². The SMILES string of the molecule is O=C1Nc2c([N+](=O)[O-])c(Br)cc3[nH]c(=O)c(=O)n(c23)O1. The van der Waals surface area contributed by atoms with Crippen LogP contribution >= 0.6 is 15.9 Å². The molecule has 2 heterocycles. The minimum atomic E-state index is -1.15. The molecule has 11 heteroatoms. The quantitative estimate of drug-likeness (QED) is 0.435. The van der Waals surface area contributed by atoms with Crippen molar-refractivity contribution in [3.63, 3.8) is 0 Å². The smallest absolute Gasteiger partial charge is 0.316 e. The maximum absolute atomic E-state index is 11.6. The highest BCUT2D eigenvalue weighted by Crippen LogP contribution is 2.39. The second kappa shape index (κ2) is 3.90. The van der Waals surface area contributed by atoms with Crippen molar-refractivity contribution < 1.29 is 14.6 Å². The van der Waals surface area contributed by atoms with Crippen LogP contribution in [0.15, 0.2) is 20.1 Å². The molecule has 10 nitrogen and oxygen atoms in total. The van der Waals surface area contributed by atoms with Crippen LogP contribution in [0.1, 0.15) is 0 Å². The van der Waals surface area contributed by atoms with Crippen molar-refractivity contribution in [2.75, 3.05) is 5.32 Å². The number of H-pyrrole nitrogens is 1. The number of carbonyl (C=O) groups is 1. The lowest BCUT2D eigenvalue weighted by molar-refractivity contribution is -0.384. The third-order valence-electron chi connectivity index (χ3n) is 2.64. The summed E-state index contributed by atoms with van der Waals surface area (Å²) in [7, 11) is 0. The summed E-state index contributed by atoms with van der Waals surface area (Å²) < 4.78 is 0.468. The molecule has 0 atom stereocenters. The lowest BCUT2D eigenvalue weighted by Gasteiger charge is -2.18. The number of nitrogens with one attached hydrogen (secondary N) is 2. The summed E-state index contributed by atoms with van der Waals surface area (Å²) >= 11 is 2.98. The molecule has 0 fully saturated rings. The topological polar surface area (TPSA) is 136 Å². The van der Waals surface area contributed by atoms with Crippen molar-refractivity contribution in [2.45, 2.75) is 0 Å². The molecule has 0 saturated heterocycles. The van der Waals surface area contributed by atoms with Gasteiger partial charge in [0.05, 0.1) is 14.9 Å². The van der Waals surface area contributed by atoms with E-state index in [0.29, 0.717) is 4.73 Å².